The molecule has 7 nitrogen and oxygen atoms in total. The average molecular weight is 441 g/mol. The monoisotopic (exact) mass is 441 g/mol. The van der Waals surface area contributed by atoms with Crippen molar-refractivity contribution in [2.75, 3.05) is 0 Å². The molecule has 0 spiro atoms. The molecule has 0 aliphatic carbocycles. The maximum absolute atomic E-state index is 13.8. The van der Waals surface area contributed by atoms with E-state index in [0.717, 1.165) is 6.07 Å². The van der Waals surface area contributed by atoms with Gasteiger partial charge in [0.25, 0.3) is 0 Å². The van der Waals surface area contributed by atoms with Crippen molar-refractivity contribution in [3.63, 3.8) is 0 Å². The maximum Gasteiger partial charge on any atom is 0.416 e. The van der Waals surface area contributed by atoms with Gasteiger partial charge in [-0.1, -0.05) is 0 Å². The minimum atomic E-state index is -4.83. The minimum absolute atomic E-state index is 0.301. The molecule has 0 amide bonds. The number of fused-ring (bicyclic) bond motifs is 1. The zero-order valence-corrected chi connectivity index (χ0v) is 16.4. The van der Waals surface area contributed by atoms with Gasteiger partial charge in [0, 0.05) is 11.6 Å². The summed E-state index contributed by atoms with van der Waals surface area (Å²) in [5.41, 5.74) is -2.75. The van der Waals surface area contributed by atoms with Crippen molar-refractivity contribution in [1.82, 2.24) is 14.5 Å². The van der Waals surface area contributed by atoms with Gasteiger partial charge in [0.1, 0.15) is 41.7 Å². The molecule has 4 rings (SSSR count). The lowest BCUT2D eigenvalue weighted by atomic mass is 9.88. The van der Waals surface area contributed by atoms with E-state index in [2.05, 4.69) is 9.97 Å². The summed E-state index contributed by atoms with van der Waals surface area (Å²) in [6, 6.07) is 3.28. The summed E-state index contributed by atoms with van der Waals surface area (Å²) < 4.78 is 60.1. The number of aliphatic hydroxyl groups is 3. The lowest BCUT2D eigenvalue weighted by molar-refractivity contribution is -0.138. The number of halogens is 4. The van der Waals surface area contributed by atoms with Gasteiger partial charge in [-0.25, -0.2) is 14.4 Å². The van der Waals surface area contributed by atoms with E-state index >= 15 is 0 Å². The molecule has 0 saturated carbocycles. The summed E-state index contributed by atoms with van der Waals surface area (Å²) in [7, 11) is 0. The van der Waals surface area contributed by atoms with E-state index in [0.29, 0.717) is 28.9 Å². The maximum atomic E-state index is 13.8. The van der Waals surface area contributed by atoms with E-state index in [4.69, 9.17) is 4.74 Å². The molecule has 2 aromatic heterocycles. The molecule has 1 aliphatic heterocycles. The Morgan fingerprint density at radius 1 is 1.23 bits per heavy atom. The van der Waals surface area contributed by atoms with Crippen LogP contribution in [0.3, 0.4) is 0 Å². The summed E-state index contributed by atoms with van der Waals surface area (Å²) in [4.78, 5) is 8.22. The number of aliphatic hydroxyl groups excluding tert-OH is 2. The fourth-order valence-electron chi connectivity index (χ4n) is 3.86. The van der Waals surface area contributed by atoms with Crippen molar-refractivity contribution in [1.29, 1.82) is 0 Å². The Bertz CT molecular complexity index is 1130. The Kier molecular flexibility index (Phi) is 5.04. The van der Waals surface area contributed by atoms with Gasteiger partial charge < -0.3 is 24.6 Å². The topological polar surface area (TPSA) is 101 Å². The molecule has 166 valence electrons. The molecular formula is C20H19F4N3O4. The summed E-state index contributed by atoms with van der Waals surface area (Å²) in [5, 5.41) is 32.9. The van der Waals surface area contributed by atoms with Crippen molar-refractivity contribution < 1.29 is 37.6 Å². The first-order chi connectivity index (χ1) is 14.4. The van der Waals surface area contributed by atoms with Crippen LogP contribution in [0.1, 0.15) is 36.1 Å². The zero-order valence-electron chi connectivity index (χ0n) is 16.4. The van der Waals surface area contributed by atoms with Gasteiger partial charge in [-0.15, -0.1) is 0 Å². The first-order valence-corrected chi connectivity index (χ1v) is 9.31. The smallest absolute Gasteiger partial charge is 0.386 e. The molecule has 5 atom stereocenters. The quantitative estimate of drug-likeness (QED) is 0.541. The summed E-state index contributed by atoms with van der Waals surface area (Å²) in [6.45, 7) is 2.94. The summed E-state index contributed by atoms with van der Waals surface area (Å²) in [5.74, 6) is -1.21. The molecule has 0 radical (unpaired) electrons. The highest BCUT2D eigenvalue weighted by Gasteiger charge is 2.56. The lowest BCUT2D eigenvalue weighted by Crippen LogP contribution is -2.47. The Balaban J connectivity index is 1.71. The van der Waals surface area contributed by atoms with Crippen LogP contribution in [0.15, 0.2) is 36.8 Å². The Morgan fingerprint density at radius 2 is 1.94 bits per heavy atom. The van der Waals surface area contributed by atoms with E-state index in [9.17, 15) is 32.9 Å². The Labute approximate surface area is 173 Å². The van der Waals surface area contributed by atoms with Crippen molar-refractivity contribution in [3.05, 3.63) is 59.4 Å². The third-order valence-corrected chi connectivity index (χ3v) is 5.59. The van der Waals surface area contributed by atoms with E-state index < -0.39 is 53.3 Å². The number of hydrogen-bond donors (Lipinski definition) is 3. The molecule has 0 unspecified atom stereocenters. The van der Waals surface area contributed by atoms with E-state index in [1.165, 1.54) is 17.8 Å². The van der Waals surface area contributed by atoms with Crippen LogP contribution in [0, 0.1) is 12.7 Å². The van der Waals surface area contributed by atoms with Gasteiger partial charge in [0.15, 0.2) is 6.23 Å². The Morgan fingerprint density at radius 3 is 2.61 bits per heavy atom. The fourth-order valence-corrected chi connectivity index (χ4v) is 3.86. The second-order valence-corrected chi connectivity index (χ2v) is 7.75. The highest BCUT2D eigenvalue weighted by atomic mass is 19.4. The molecule has 3 aromatic rings. The van der Waals surface area contributed by atoms with Crippen LogP contribution in [0.25, 0.3) is 11.0 Å². The van der Waals surface area contributed by atoms with Gasteiger partial charge >= 0.3 is 6.18 Å². The fraction of sp³-hybridized carbons (Fsp3) is 0.400. The first-order valence-electron chi connectivity index (χ1n) is 9.31. The second kappa shape index (κ2) is 7.23. The van der Waals surface area contributed by atoms with Gasteiger partial charge in [0.2, 0.25) is 0 Å². The molecule has 3 N–H and O–H groups in total. The van der Waals surface area contributed by atoms with Crippen LogP contribution >= 0.6 is 0 Å². The van der Waals surface area contributed by atoms with E-state index in [1.807, 2.05) is 0 Å². The minimum Gasteiger partial charge on any atom is -0.386 e. The number of benzene rings is 1. The largest absolute Gasteiger partial charge is 0.416 e. The summed E-state index contributed by atoms with van der Waals surface area (Å²) >= 11 is 0. The van der Waals surface area contributed by atoms with Crippen molar-refractivity contribution in [2.24, 2.45) is 0 Å². The standard InChI is InChI=1S/C20H19F4N3O4/c1-9-13-3-4-27(17(13)26-8-25-9)18-15(29)19(2,30)16(31-18)14(28)10-5-11(20(22,23)24)7-12(21)6-10/h3-8,14-16,18,28-30H,1-2H3/t14-,15-,16+,18+,19-/m0/s1. The normalized spacial score (nSPS) is 27.7. The number of rotatable bonds is 3. The van der Waals surface area contributed by atoms with Crippen molar-refractivity contribution in [2.45, 2.75) is 50.2 Å². The predicted octanol–water partition coefficient (Wildman–Crippen LogP) is 2.64. The number of ether oxygens (including phenoxy) is 1. The van der Waals surface area contributed by atoms with Crippen LogP contribution in [0.2, 0.25) is 0 Å². The van der Waals surface area contributed by atoms with Gasteiger partial charge in [-0.2, -0.15) is 13.2 Å². The van der Waals surface area contributed by atoms with Crippen LogP contribution < -0.4 is 0 Å². The number of aromatic nitrogens is 3. The molecule has 0 bridgehead atoms. The Hall–Kier alpha value is -2.60. The van der Waals surface area contributed by atoms with Crippen LogP contribution in [0.5, 0.6) is 0 Å². The molecule has 1 saturated heterocycles. The van der Waals surface area contributed by atoms with Crippen LogP contribution in [-0.2, 0) is 10.9 Å². The lowest BCUT2D eigenvalue weighted by Gasteiger charge is -2.30. The molecule has 31 heavy (non-hydrogen) atoms. The third kappa shape index (κ3) is 3.57. The molecule has 11 heteroatoms. The highest BCUT2D eigenvalue weighted by Crippen LogP contribution is 2.44. The molecule has 1 aromatic carbocycles. The first kappa shape index (κ1) is 21.6. The summed E-state index contributed by atoms with van der Waals surface area (Å²) in [6.07, 6.45) is -8.18. The van der Waals surface area contributed by atoms with Crippen LogP contribution in [-0.4, -0.2) is 47.7 Å². The SMILES string of the molecule is Cc1ncnc2c1ccn2[C@@H]1O[C@H]([C@@H](O)c2cc(F)cc(C(F)(F)F)c2)[C@@](C)(O)[C@H]1O. The van der Waals surface area contributed by atoms with Gasteiger partial charge in [-0.05, 0) is 43.7 Å². The van der Waals surface area contributed by atoms with E-state index in [1.54, 1.807) is 19.2 Å². The second-order valence-electron chi connectivity index (χ2n) is 7.75. The van der Waals surface area contributed by atoms with Crippen molar-refractivity contribution >= 4 is 11.0 Å². The number of aryl methyl sites for hydroxylation is 1. The average Bonchev–Trinajstić information content (AvgIpc) is 3.20. The van der Waals surface area contributed by atoms with Gasteiger partial charge in [-0.3, -0.25) is 0 Å². The van der Waals surface area contributed by atoms with Crippen LogP contribution in [0.4, 0.5) is 17.6 Å². The number of nitrogens with zero attached hydrogens (tertiary/aromatic N) is 3. The zero-order chi connectivity index (χ0) is 22.7. The van der Waals surface area contributed by atoms with E-state index in [-0.39, 0.29) is 0 Å². The number of alkyl halides is 3. The molecule has 3 heterocycles. The number of hydrogen-bond acceptors (Lipinski definition) is 6. The molecule has 1 aliphatic rings. The molecular weight excluding hydrogens is 422 g/mol. The predicted molar refractivity (Wildman–Crippen MR) is 99.2 cm³/mol. The highest BCUT2D eigenvalue weighted by molar-refractivity contribution is 5.78. The van der Waals surface area contributed by atoms with Crippen molar-refractivity contribution in [3.8, 4) is 0 Å². The third-order valence-electron chi connectivity index (χ3n) is 5.59. The van der Waals surface area contributed by atoms with Gasteiger partial charge in [0.05, 0.1) is 11.3 Å². The molecule has 1 fully saturated rings.